The number of aromatic nitrogens is 2. The van der Waals surface area contributed by atoms with Gasteiger partial charge in [0.05, 0.1) is 22.1 Å². The number of hydrogen-bond acceptors (Lipinski definition) is 2. The van der Waals surface area contributed by atoms with E-state index in [2.05, 4.69) is 161 Å². The van der Waals surface area contributed by atoms with Gasteiger partial charge < -0.3 is 9.13 Å². The van der Waals surface area contributed by atoms with Gasteiger partial charge in [0.2, 0.25) is 0 Å². The molecule has 4 heterocycles. The summed E-state index contributed by atoms with van der Waals surface area (Å²) in [7, 11) is 0. The van der Waals surface area contributed by atoms with Gasteiger partial charge in [0.25, 0.3) is 0 Å². The van der Waals surface area contributed by atoms with Crippen LogP contribution < -0.4 is 5.46 Å². The van der Waals surface area contributed by atoms with Gasteiger partial charge in [-0.25, -0.2) is 0 Å². The minimum Gasteiger partial charge on any atom is -0.309 e. The second-order valence-electron chi connectivity index (χ2n) is 12.4. The third-order valence-electron chi connectivity index (χ3n) is 9.98. The van der Waals surface area contributed by atoms with Gasteiger partial charge in [-0.05, 0) is 88.4 Å². The van der Waals surface area contributed by atoms with E-state index < -0.39 is 0 Å². The van der Waals surface area contributed by atoms with Crippen molar-refractivity contribution in [3.63, 3.8) is 0 Å². The van der Waals surface area contributed by atoms with Crippen LogP contribution in [0.15, 0.2) is 161 Å². The van der Waals surface area contributed by atoms with E-state index in [0.29, 0.717) is 5.27 Å². The molecule has 7 aromatic carbocycles. The van der Waals surface area contributed by atoms with Crippen molar-refractivity contribution < 1.29 is 0 Å². The lowest BCUT2D eigenvalue weighted by Crippen LogP contribution is -2.33. The van der Waals surface area contributed by atoms with Crippen LogP contribution >= 0.6 is 23.2 Å². The fourth-order valence-corrected chi connectivity index (χ4v) is 10.9. The van der Waals surface area contributed by atoms with E-state index in [9.17, 15) is 0 Å². The van der Waals surface area contributed by atoms with Crippen molar-refractivity contribution in [2.24, 2.45) is 0 Å². The first kappa shape index (κ1) is 26.0. The van der Waals surface area contributed by atoms with Gasteiger partial charge >= 0.3 is 5.27 Å². The largest absolute Gasteiger partial charge is 0.318 e. The smallest absolute Gasteiger partial charge is 0.309 e. The van der Waals surface area contributed by atoms with Crippen molar-refractivity contribution in [2.75, 3.05) is 0 Å². The Hall–Kier alpha value is -5.10. The number of nitrogens with zero attached hydrogens (tertiary/aromatic N) is 2. The number of hydrogen-bond donors (Lipinski definition) is 0. The van der Waals surface area contributed by atoms with Gasteiger partial charge in [0.15, 0.2) is 0 Å². The Labute approximate surface area is 280 Å². The number of benzene rings is 7. The van der Waals surface area contributed by atoms with Gasteiger partial charge in [-0.1, -0.05) is 91.0 Å². The first-order valence-electron chi connectivity index (χ1n) is 16.0. The molecule has 0 saturated heterocycles. The summed E-state index contributed by atoms with van der Waals surface area (Å²) in [5, 5.41) is 5.43. The van der Waals surface area contributed by atoms with Crippen molar-refractivity contribution in [1.29, 1.82) is 0 Å². The zero-order valence-corrected chi connectivity index (χ0v) is 26.9. The Balaban J connectivity index is 1.21. The summed E-state index contributed by atoms with van der Waals surface area (Å²) in [6.07, 6.45) is 0. The third kappa shape index (κ3) is 3.61. The Morgan fingerprint density at radius 2 is 0.809 bits per heavy atom. The van der Waals surface area contributed by atoms with E-state index in [-0.39, 0.29) is 0 Å². The van der Waals surface area contributed by atoms with E-state index >= 15 is 0 Å². The molecule has 0 N–H and O–H groups in total. The van der Waals surface area contributed by atoms with Crippen LogP contribution in [0.3, 0.4) is 0 Å². The lowest BCUT2D eigenvalue weighted by atomic mass is 9.77. The summed E-state index contributed by atoms with van der Waals surface area (Å²) in [6.45, 7) is 0. The molecule has 0 amide bonds. The highest BCUT2D eigenvalue weighted by molar-refractivity contribution is 8.56. The first-order chi connectivity index (χ1) is 23.3. The molecule has 0 atom stereocenters. The van der Waals surface area contributed by atoms with Crippen LogP contribution in [0.2, 0.25) is 0 Å². The summed E-state index contributed by atoms with van der Waals surface area (Å²) >= 11 is 3.99. The molecule has 218 valence electrons. The third-order valence-corrected chi connectivity index (χ3v) is 12.7. The molecular weight excluding hydrogens is 607 g/mol. The number of rotatable bonds is 2. The fourth-order valence-electron chi connectivity index (χ4n) is 8.00. The van der Waals surface area contributed by atoms with E-state index in [4.69, 9.17) is 0 Å². The van der Waals surface area contributed by atoms with Crippen LogP contribution in [-0.2, 0) is 0 Å². The highest BCUT2D eigenvalue weighted by atomic mass is 32.2. The Kier molecular flexibility index (Phi) is 5.38. The average molecular weight is 633 g/mol. The van der Waals surface area contributed by atoms with Gasteiger partial charge in [0, 0.05) is 42.7 Å². The van der Waals surface area contributed by atoms with Crippen molar-refractivity contribution in [2.45, 2.75) is 9.79 Å². The SMILES string of the molecule is c1ccc2c(c1)SB1Sc3ccccc3-c3cc(-n4c5ccccc5c5cc(-n6c7ccccc7c7ccccc76)ccc54)cc-2c31. The minimum atomic E-state index is 0.339. The van der Waals surface area contributed by atoms with Crippen molar-refractivity contribution in [3.05, 3.63) is 152 Å². The molecule has 47 heavy (non-hydrogen) atoms. The zero-order valence-electron chi connectivity index (χ0n) is 25.2. The molecule has 0 radical (unpaired) electrons. The van der Waals surface area contributed by atoms with Crippen LogP contribution in [0.1, 0.15) is 0 Å². The summed E-state index contributed by atoms with van der Waals surface area (Å²) in [5.41, 5.74) is 14.1. The zero-order chi connectivity index (χ0) is 30.6. The maximum atomic E-state index is 2.49. The highest BCUT2D eigenvalue weighted by Gasteiger charge is 2.37. The van der Waals surface area contributed by atoms with E-state index in [1.165, 1.54) is 92.5 Å². The van der Waals surface area contributed by atoms with Crippen LogP contribution in [0, 0.1) is 0 Å². The molecule has 0 aliphatic carbocycles. The predicted octanol–water partition coefficient (Wildman–Crippen LogP) is 11.1. The summed E-state index contributed by atoms with van der Waals surface area (Å²) in [4.78, 5) is 2.72. The van der Waals surface area contributed by atoms with E-state index in [0.717, 1.165) is 0 Å². The average Bonchev–Trinajstić information content (AvgIpc) is 3.64. The molecule has 2 nitrogen and oxygen atoms in total. The number of fused-ring (bicyclic) bond motifs is 10. The second-order valence-corrected chi connectivity index (χ2v) is 15.0. The first-order valence-corrected chi connectivity index (χ1v) is 17.8. The van der Waals surface area contributed by atoms with Crippen LogP contribution in [0.4, 0.5) is 0 Å². The summed E-state index contributed by atoms with van der Waals surface area (Å²) in [6, 6.07) is 56.2. The molecule has 2 aliphatic heterocycles. The molecule has 0 bridgehead atoms. The predicted molar refractivity (Wildman–Crippen MR) is 203 cm³/mol. The van der Waals surface area contributed by atoms with Crippen LogP contribution in [-0.4, -0.2) is 14.4 Å². The molecule has 0 saturated carbocycles. The van der Waals surface area contributed by atoms with Crippen LogP contribution in [0.5, 0.6) is 0 Å². The summed E-state index contributed by atoms with van der Waals surface area (Å²) < 4.78 is 4.91. The van der Waals surface area contributed by atoms with Crippen LogP contribution in [0.25, 0.3) is 77.2 Å². The van der Waals surface area contributed by atoms with Gasteiger partial charge in [-0.3, -0.25) is 0 Å². The Morgan fingerprint density at radius 3 is 1.38 bits per heavy atom. The Morgan fingerprint density at radius 1 is 0.362 bits per heavy atom. The highest BCUT2D eigenvalue weighted by Crippen LogP contribution is 2.50. The maximum Gasteiger partial charge on any atom is 0.318 e. The molecule has 0 unspecified atom stereocenters. The maximum absolute atomic E-state index is 2.49. The van der Waals surface area contributed by atoms with E-state index in [1.807, 2.05) is 23.2 Å². The van der Waals surface area contributed by atoms with Crippen molar-refractivity contribution in [1.82, 2.24) is 9.13 Å². The number of para-hydroxylation sites is 3. The van der Waals surface area contributed by atoms with Crippen molar-refractivity contribution >= 4 is 77.6 Å². The molecule has 0 spiro atoms. The topological polar surface area (TPSA) is 9.86 Å². The lowest BCUT2D eigenvalue weighted by Gasteiger charge is -2.32. The quantitative estimate of drug-likeness (QED) is 0.176. The monoisotopic (exact) mass is 632 g/mol. The standard InChI is InChI=1S/C42H25BN2S2/c1-6-16-36-28(11-1)29-12-2-7-17-37(29)44(36)26-21-22-39-33(23-26)30-13-3-8-18-38(30)45(39)27-24-34-31-14-4-9-19-40(31)46-43-42(34)35(25-27)32-15-5-10-20-41(32)47-43/h1-25H. The normalized spacial score (nSPS) is 13.3. The van der Waals surface area contributed by atoms with Gasteiger partial charge in [-0.15, -0.1) is 0 Å². The molecule has 9 aromatic rings. The lowest BCUT2D eigenvalue weighted by molar-refractivity contribution is 1.17. The minimum absolute atomic E-state index is 0.339. The van der Waals surface area contributed by atoms with Gasteiger partial charge in [-0.2, -0.15) is 23.2 Å². The Bertz CT molecular complexity index is 2650. The fraction of sp³-hybridized carbons (Fsp3) is 0. The van der Waals surface area contributed by atoms with Crippen molar-refractivity contribution in [3.8, 4) is 33.6 Å². The van der Waals surface area contributed by atoms with Gasteiger partial charge in [0.1, 0.15) is 0 Å². The second kappa shape index (κ2) is 9.71. The molecule has 0 fully saturated rings. The molecule has 2 aromatic heterocycles. The molecule has 2 aliphatic rings. The van der Waals surface area contributed by atoms with E-state index in [1.54, 1.807) is 0 Å². The summed E-state index contributed by atoms with van der Waals surface area (Å²) in [5.74, 6) is 0. The molecule has 11 rings (SSSR count). The molecule has 5 heteroatoms. The molecular formula is C42H25BN2S2.